The van der Waals surface area contributed by atoms with E-state index in [0.717, 1.165) is 4.90 Å². The second kappa shape index (κ2) is 13.5. The zero-order valence-corrected chi connectivity index (χ0v) is 18.9. The summed E-state index contributed by atoms with van der Waals surface area (Å²) in [6.45, 7) is 1.98. The fourth-order valence-corrected chi connectivity index (χ4v) is 3.21. The van der Waals surface area contributed by atoms with Crippen LogP contribution in [0.5, 0.6) is 0 Å². The van der Waals surface area contributed by atoms with Crippen LogP contribution in [0.4, 0.5) is 0 Å². The maximum Gasteiger partial charge on any atom is 0.338 e. The molecule has 0 radical (unpaired) electrons. The number of nitrogens with one attached hydrogen (secondary N) is 1. The van der Waals surface area contributed by atoms with E-state index in [1.54, 1.807) is 72.8 Å². The number of ether oxygens (including phenoxy) is 3. The van der Waals surface area contributed by atoms with Gasteiger partial charge in [0.1, 0.15) is 39.5 Å². The number of hydrogen-bond acceptors (Lipinski definition) is 6. The summed E-state index contributed by atoms with van der Waals surface area (Å²) >= 11 is 0. The molecule has 7 heteroatoms. The van der Waals surface area contributed by atoms with Crippen LogP contribution >= 0.6 is 0 Å². The van der Waals surface area contributed by atoms with Gasteiger partial charge in [0.25, 0.3) is 0 Å². The lowest BCUT2D eigenvalue weighted by atomic mass is 10.2. The Bertz CT molecular complexity index is 904. The highest BCUT2D eigenvalue weighted by Gasteiger charge is 2.15. The molecule has 0 atom stereocenters. The Kier molecular flexibility index (Phi) is 9.83. The smallest absolute Gasteiger partial charge is 0.338 e. The summed E-state index contributed by atoms with van der Waals surface area (Å²) < 4.78 is 16.1. The molecule has 0 fully saturated rings. The van der Waals surface area contributed by atoms with Gasteiger partial charge in [-0.1, -0.05) is 54.6 Å². The molecule has 0 heterocycles. The highest BCUT2D eigenvalue weighted by Crippen LogP contribution is 2.02. The van der Waals surface area contributed by atoms with E-state index in [1.165, 1.54) is 0 Å². The normalized spacial score (nSPS) is 10.5. The maximum absolute atomic E-state index is 12.2. The van der Waals surface area contributed by atoms with Crippen molar-refractivity contribution in [2.75, 3.05) is 39.5 Å². The van der Waals surface area contributed by atoms with Crippen molar-refractivity contribution in [2.45, 2.75) is 0 Å². The number of benzene rings is 3. The standard InChI is InChI=1S/C27H27NO6/c29-25(22-10-4-1-5-11-22)32-19-16-28(17-20-33-26(30)23-12-6-2-7-13-23)18-21-34-27(31)24-14-8-3-9-15-24/h1-15H,16-21H2/p+1. The number of quaternary nitrogens is 1. The highest BCUT2D eigenvalue weighted by molar-refractivity contribution is 5.90. The topological polar surface area (TPSA) is 83.3 Å². The molecule has 0 aliphatic heterocycles. The molecule has 0 saturated heterocycles. The van der Waals surface area contributed by atoms with Crippen molar-refractivity contribution in [3.05, 3.63) is 108 Å². The van der Waals surface area contributed by atoms with Crippen LogP contribution < -0.4 is 4.90 Å². The number of carbonyl (C=O) groups is 3. The van der Waals surface area contributed by atoms with Crippen LogP contribution in [0.2, 0.25) is 0 Å². The van der Waals surface area contributed by atoms with Crippen LogP contribution in [-0.2, 0) is 14.2 Å². The maximum atomic E-state index is 12.2. The Morgan fingerprint density at radius 1 is 0.471 bits per heavy atom. The molecule has 0 aliphatic carbocycles. The molecule has 3 aromatic carbocycles. The van der Waals surface area contributed by atoms with Gasteiger partial charge in [0, 0.05) is 0 Å². The van der Waals surface area contributed by atoms with Crippen molar-refractivity contribution >= 4 is 17.9 Å². The minimum Gasteiger partial charge on any atom is -0.456 e. The van der Waals surface area contributed by atoms with Crippen LogP contribution in [0.25, 0.3) is 0 Å². The summed E-state index contributed by atoms with van der Waals surface area (Å²) in [7, 11) is 0. The third-order valence-electron chi connectivity index (χ3n) is 5.09. The SMILES string of the molecule is O=C(OCC[NH+](CCOC(=O)c1ccccc1)CCOC(=O)c1ccccc1)c1ccccc1. The molecule has 0 spiro atoms. The van der Waals surface area contributed by atoms with Gasteiger partial charge in [0.05, 0.1) is 16.7 Å². The van der Waals surface area contributed by atoms with Gasteiger partial charge in [-0.05, 0) is 36.4 Å². The number of hydrogen-bond donors (Lipinski definition) is 1. The first-order valence-electron chi connectivity index (χ1n) is 11.1. The molecule has 0 amide bonds. The van der Waals surface area contributed by atoms with Crippen molar-refractivity contribution < 1.29 is 33.5 Å². The molecule has 1 N–H and O–H groups in total. The minimum absolute atomic E-state index is 0.183. The second-order valence-corrected chi connectivity index (χ2v) is 7.51. The zero-order chi connectivity index (χ0) is 24.0. The highest BCUT2D eigenvalue weighted by atomic mass is 16.5. The summed E-state index contributed by atoms with van der Waals surface area (Å²) in [5, 5.41) is 0. The Morgan fingerprint density at radius 2 is 0.735 bits per heavy atom. The average molecular weight is 463 g/mol. The van der Waals surface area contributed by atoms with Gasteiger partial charge in [-0.25, -0.2) is 14.4 Å². The van der Waals surface area contributed by atoms with Crippen LogP contribution in [0, 0.1) is 0 Å². The molecular formula is C27H28NO6+. The Morgan fingerprint density at radius 3 is 1.00 bits per heavy atom. The lowest BCUT2D eigenvalue weighted by Gasteiger charge is -2.19. The molecule has 0 unspecified atom stereocenters. The quantitative estimate of drug-likeness (QED) is 0.329. The average Bonchev–Trinajstić information content (AvgIpc) is 2.89. The Hall–Kier alpha value is -3.97. The lowest BCUT2D eigenvalue weighted by Crippen LogP contribution is -3.13. The number of esters is 3. The van der Waals surface area contributed by atoms with E-state index in [0.29, 0.717) is 36.3 Å². The van der Waals surface area contributed by atoms with Gasteiger partial charge in [-0.15, -0.1) is 0 Å². The summed E-state index contributed by atoms with van der Waals surface area (Å²) in [4.78, 5) is 37.5. The molecule has 0 aliphatic rings. The van der Waals surface area contributed by atoms with Crippen molar-refractivity contribution in [1.29, 1.82) is 0 Å². The van der Waals surface area contributed by atoms with E-state index in [9.17, 15) is 14.4 Å². The first-order chi connectivity index (χ1) is 16.6. The van der Waals surface area contributed by atoms with Gasteiger partial charge >= 0.3 is 17.9 Å². The van der Waals surface area contributed by atoms with Crippen molar-refractivity contribution in [2.24, 2.45) is 0 Å². The van der Waals surface area contributed by atoms with Crippen LogP contribution in [-0.4, -0.2) is 57.4 Å². The molecule has 0 saturated carbocycles. The van der Waals surface area contributed by atoms with Crippen molar-refractivity contribution in [3.63, 3.8) is 0 Å². The van der Waals surface area contributed by atoms with Gasteiger partial charge in [-0.2, -0.15) is 0 Å². The van der Waals surface area contributed by atoms with Gasteiger partial charge in [-0.3, -0.25) is 0 Å². The predicted octanol–water partition coefficient (Wildman–Crippen LogP) is 2.44. The van der Waals surface area contributed by atoms with Gasteiger partial charge < -0.3 is 19.1 Å². The van der Waals surface area contributed by atoms with E-state index in [1.807, 2.05) is 18.2 Å². The fourth-order valence-electron chi connectivity index (χ4n) is 3.21. The lowest BCUT2D eigenvalue weighted by molar-refractivity contribution is -0.900. The summed E-state index contributed by atoms with van der Waals surface area (Å²) in [6, 6.07) is 26.3. The number of rotatable bonds is 12. The largest absolute Gasteiger partial charge is 0.456 e. The van der Waals surface area contributed by atoms with E-state index >= 15 is 0 Å². The summed E-state index contributed by atoms with van der Waals surface area (Å²) in [5.74, 6) is -1.19. The van der Waals surface area contributed by atoms with Crippen LogP contribution in [0.3, 0.4) is 0 Å². The first kappa shape index (κ1) is 24.7. The van der Waals surface area contributed by atoms with Crippen LogP contribution in [0.1, 0.15) is 31.1 Å². The first-order valence-corrected chi connectivity index (χ1v) is 11.1. The minimum atomic E-state index is -0.397. The van der Waals surface area contributed by atoms with Crippen molar-refractivity contribution in [3.8, 4) is 0 Å². The molecule has 34 heavy (non-hydrogen) atoms. The van der Waals surface area contributed by atoms with Gasteiger partial charge in [0.15, 0.2) is 0 Å². The molecule has 176 valence electrons. The Labute approximate surface area is 198 Å². The van der Waals surface area contributed by atoms with Crippen molar-refractivity contribution in [1.82, 2.24) is 0 Å². The third kappa shape index (κ3) is 8.18. The Balaban J connectivity index is 1.48. The fraction of sp³-hybridized carbons (Fsp3) is 0.222. The van der Waals surface area contributed by atoms with E-state index < -0.39 is 17.9 Å². The monoisotopic (exact) mass is 462 g/mol. The predicted molar refractivity (Wildman–Crippen MR) is 126 cm³/mol. The van der Waals surface area contributed by atoms with E-state index in [2.05, 4.69) is 0 Å². The molecule has 3 rings (SSSR count). The summed E-state index contributed by atoms with van der Waals surface area (Å²) in [6.07, 6.45) is 0. The molecule has 7 nitrogen and oxygen atoms in total. The second-order valence-electron chi connectivity index (χ2n) is 7.51. The molecule has 0 aromatic heterocycles. The van der Waals surface area contributed by atoms with E-state index in [-0.39, 0.29) is 19.8 Å². The molecule has 0 bridgehead atoms. The molecule has 3 aromatic rings. The van der Waals surface area contributed by atoms with E-state index in [4.69, 9.17) is 14.2 Å². The molecular weight excluding hydrogens is 434 g/mol. The van der Waals surface area contributed by atoms with Crippen LogP contribution in [0.15, 0.2) is 91.0 Å². The zero-order valence-electron chi connectivity index (χ0n) is 18.9. The third-order valence-corrected chi connectivity index (χ3v) is 5.09. The van der Waals surface area contributed by atoms with Gasteiger partial charge in [0.2, 0.25) is 0 Å². The number of carbonyl (C=O) groups excluding carboxylic acids is 3. The summed E-state index contributed by atoms with van der Waals surface area (Å²) in [5.41, 5.74) is 1.45.